The average Bonchev–Trinajstić information content (AvgIpc) is 2.39. The van der Waals surface area contributed by atoms with E-state index in [2.05, 4.69) is 88.0 Å². The lowest BCUT2D eigenvalue weighted by Gasteiger charge is -2.34. The maximum absolute atomic E-state index is 2.45. The van der Waals surface area contributed by atoms with Gasteiger partial charge in [-0.3, -0.25) is 0 Å². The molecule has 0 N–H and O–H groups in total. The second-order valence-corrected chi connectivity index (χ2v) is 6.03. The van der Waals surface area contributed by atoms with Gasteiger partial charge in [-0.05, 0) is 62.1 Å². The highest BCUT2D eigenvalue weighted by atomic mass is 15.2. The fraction of sp³-hybridized carbons (Fsp3) is 0.368. The molecule has 0 bridgehead atoms. The number of aryl methyl sites for hydroxylation is 2. The molecule has 2 rings (SSSR count). The molecule has 0 aliphatic carbocycles. The van der Waals surface area contributed by atoms with Crippen LogP contribution in [0.1, 0.15) is 31.9 Å². The van der Waals surface area contributed by atoms with E-state index in [0.29, 0.717) is 12.0 Å². The Labute approximate surface area is 123 Å². The van der Waals surface area contributed by atoms with E-state index in [1.807, 2.05) is 0 Å². The maximum atomic E-state index is 2.45. The first-order chi connectivity index (χ1) is 9.49. The van der Waals surface area contributed by atoms with Crippen LogP contribution in [0.3, 0.4) is 0 Å². The molecule has 1 atom stereocenters. The van der Waals surface area contributed by atoms with Crippen LogP contribution < -0.4 is 4.90 Å². The molecule has 0 saturated heterocycles. The molecule has 106 valence electrons. The number of anilines is 2. The Morgan fingerprint density at radius 1 is 0.750 bits per heavy atom. The summed E-state index contributed by atoms with van der Waals surface area (Å²) in [7, 11) is 0. The molecule has 0 heterocycles. The van der Waals surface area contributed by atoms with E-state index >= 15 is 0 Å². The van der Waals surface area contributed by atoms with Gasteiger partial charge in [0.05, 0.1) is 0 Å². The van der Waals surface area contributed by atoms with E-state index in [9.17, 15) is 0 Å². The fourth-order valence-corrected chi connectivity index (χ4v) is 2.47. The third-order valence-corrected chi connectivity index (χ3v) is 3.93. The van der Waals surface area contributed by atoms with Gasteiger partial charge in [-0.25, -0.2) is 0 Å². The summed E-state index contributed by atoms with van der Waals surface area (Å²) in [5.41, 5.74) is 5.15. The number of rotatable bonds is 4. The molecular formula is C19H25N. The highest BCUT2D eigenvalue weighted by Gasteiger charge is 2.19. The summed E-state index contributed by atoms with van der Waals surface area (Å²) in [4.78, 5) is 2.45. The second-order valence-electron chi connectivity index (χ2n) is 6.03. The Hall–Kier alpha value is -1.76. The highest BCUT2D eigenvalue weighted by Crippen LogP contribution is 2.31. The Kier molecular flexibility index (Phi) is 4.49. The van der Waals surface area contributed by atoms with Crippen LogP contribution in [0.5, 0.6) is 0 Å². The van der Waals surface area contributed by atoms with Crippen LogP contribution >= 0.6 is 0 Å². The summed E-state index contributed by atoms with van der Waals surface area (Å²) in [5, 5.41) is 0. The van der Waals surface area contributed by atoms with Crippen LogP contribution in [0.2, 0.25) is 0 Å². The van der Waals surface area contributed by atoms with Gasteiger partial charge in [-0.15, -0.1) is 0 Å². The number of hydrogen-bond donors (Lipinski definition) is 0. The van der Waals surface area contributed by atoms with Gasteiger partial charge in [-0.1, -0.05) is 38.1 Å². The Balaban J connectivity index is 2.50. The topological polar surface area (TPSA) is 3.24 Å². The van der Waals surface area contributed by atoms with Crippen molar-refractivity contribution >= 4 is 11.4 Å². The normalized spacial score (nSPS) is 12.5. The van der Waals surface area contributed by atoms with Gasteiger partial charge in [0, 0.05) is 17.4 Å². The van der Waals surface area contributed by atoms with Gasteiger partial charge in [0.25, 0.3) is 0 Å². The maximum Gasteiger partial charge on any atom is 0.0416 e. The standard InChI is InChI=1S/C19H25N/c1-14(2)17(5)20(18-10-6-8-15(3)12-18)19-11-7-9-16(4)13-19/h6-14,17H,1-5H3. The zero-order valence-corrected chi connectivity index (χ0v) is 13.2. The zero-order valence-electron chi connectivity index (χ0n) is 13.2. The Bertz CT molecular complexity index is 526. The Morgan fingerprint density at radius 3 is 1.55 bits per heavy atom. The van der Waals surface area contributed by atoms with E-state index in [4.69, 9.17) is 0 Å². The first-order valence-electron chi connectivity index (χ1n) is 7.41. The van der Waals surface area contributed by atoms with Gasteiger partial charge in [0.1, 0.15) is 0 Å². The molecule has 0 fully saturated rings. The number of benzene rings is 2. The molecule has 0 amide bonds. The van der Waals surface area contributed by atoms with Crippen molar-refractivity contribution in [3.8, 4) is 0 Å². The summed E-state index contributed by atoms with van der Waals surface area (Å²) in [5.74, 6) is 0.594. The molecule has 0 aliphatic heterocycles. The smallest absolute Gasteiger partial charge is 0.0416 e. The average molecular weight is 267 g/mol. The molecule has 0 radical (unpaired) electrons. The van der Waals surface area contributed by atoms with Crippen molar-refractivity contribution in [2.45, 2.75) is 40.7 Å². The summed E-state index contributed by atoms with van der Waals surface area (Å²) >= 11 is 0. The largest absolute Gasteiger partial charge is 0.338 e. The molecule has 1 nitrogen and oxygen atoms in total. The minimum atomic E-state index is 0.457. The van der Waals surface area contributed by atoms with Gasteiger partial charge in [-0.2, -0.15) is 0 Å². The van der Waals surface area contributed by atoms with Crippen molar-refractivity contribution in [3.63, 3.8) is 0 Å². The number of nitrogens with zero attached hydrogens (tertiary/aromatic N) is 1. The molecule has 0 aliphatic rings. The zero-order chi connectivity index (χ0) is 14.7. The molecule has 0 saturated carbocycles. The van der Waals surface area contributed by atoms with Crippen molar-refractivity contribution in [1.29, 1.82) is 0 Å². The van der Waals surface area contributed by atoms with E-state index < -0.39 is 0 Å². The van der Waals surface area contributed by atoms with Crippen LogP contribution in [0, 0.1) is 19.8 Å². The van der Waals surface area contributed by atoms with Gasteiger partial charge in [0.15, 0.2) is 0 Å². The van der Waals surface area contributed by atoms with Crippen molar-refractivity contribution in [2.24, 2.45) is 5.92 Å². The van der Waals surface area contributed by atoms with Gasteiger partial charge < -0.3 is 4.90 Å². The molecule has 2 aromatic rings. The summed E-state index contributed by atoms with van der Waals surface area (Å²) < 4.78 is 0. The van der Waals surface area contributed by atoms with Crippen LogP contribution in [-0.4, -0.2) is 6.04 Å². The van der Waals surface area contributed by atoms with E-state index in [1.165, 1.54) is 22.5 Å². The molecule has 0 spiro atoms. The lowest BCUT2D eigenvalue weighted by atomic mass is 10.0. The first kappa shape index (κ1) is 14.6. The lowest BCUT2D eigenvalue weighted by molar-refractivity contribution is 0.518. The minimum Gasteiger partial charge on any atom is -0.338 e. The summed E-state index contributed by atoms with van der Waals surface area (Å²) in [6.07, 6.45) is 0. The lowest BCUT2D eigenvalue weighted by Crippen LogP contribution is -2.32. The van der Waals surface area contributed by atoms with E-state index in [1.54, 1.807) is 0 Å². The van der Waals surface area contributed by atoms with E-state index in [-0.39, 0.29) is 0 Å². The number of hydrogen-bond acceptors (Lipinski definition) is 1. The van der Waals surface area contributed by atoms with Crippen LogP contribution in [0.4, 0.5) is 11.4 Å². The van der Waals surface area contributed by atoms with Crippen molar-refractivity contribution in [1.82, 2.24) is 0 Å². The van der Waals surface area contributed by atoms with Crippen LogP contribution in [0.25, 0.3) is 0 Å². The third-order valence-electron chi connectivity index (χ3n) is 3.93. The predicted octanol–water partition coefficient (Wildman–Crippen LogP) is 5.49. The van der Waals surface area contributed by atoms with Gasteiger partial charge >= 0.3 is 0 Å². The molecule has 2 aromatic carbocycles. The predicted molar refractivity (Wildman–Crippen MR) is 88.8 cm³/mol. The van der Waals surface area contributed by atoms with Gasteiger partial charge in [0.2, 0.25) is 0 Å². The highest BCUT2D eigenvalue weighted by molar-refractivity contribution is 5.65. The Morgan fingerprint density at radius 2 is 1.20 bits per heavy atom. The minimum absolute atomic E-state index is 0.457. The van der Waals surface area contributed by atoms with Crippen molar-refractivity contribution in [2.75, 3.05) is 4.90 Å². The SMILES string of the molecule is Cc1cccc(N(c2cccc(C)c2)C(C)C(C)C)c1. The second kappa shape index (κ2) is 6.13. The van der Waals surface area contributed by atoms with Crippen molar-refractivity contribution in [3.05, 3.63) is 59.7 Å². The molecule has 0 aromatic heterocycles. The fourth-order valence-electron chi connectivity index (χ4n) is 2.47. The first-order valence-corrected chi connectivity index (χ1v) is 7.41. The summed E-state index contributed by atoms with van der Waals surface area (Å²) in [6.45, 7) is 11.2. The molecular weight excluding hydrogens is 242 g/mol. The third kappa shape index (κ3) is 3.22. The van der Waals surface area contributed by atoms with Crippen LogP contribution in [0.15, 0.2) is 48.5 Å². The summed E-state index contributed by atoms with van der Waals surface area (Å²) in [6, 6.07) is 18.0. The van der Waals surface area contributed by atoms with Crippen LogP contribution in [-0.2, 0) is 0 Å². The van der Waals surface area contributed by atoms with E-state index in [0.717, 1.165) is 0 Å². The molecule has 1 unspecified atom stereocenters. The molecule has 1 heteroatoms. The monoisotopic (exact) mass is 267 g/mol. The van der Waals surface area contributed by atoms with Crippen molar-refractivity contribution < 1.29 is 0 Å². The quantitative estimate of drug-likeness (QED) is 0.708. The molecule has 20 heavy (non-hydrogen) atoms.